The third-order valence-corrected chi connectivity index (χ3v) is 8.35. The summed E-state index contributed by atoms with van der Waals surface area (Å²) in [6.45, 7) is -0.403. The Hall–Kier alpha value is -2.01. The highest BCUT2D eigenvalue weighted by atomic mass is 79.9. The predicted octanol–water partition coefficient (Wildman–Crippen LogP) is 1.98. The minimum absolute atomic E-state index is 0.119. The van der Waals surface area contributed by atoms with Crippen molar-refractivity contribution in [1.82, 2.24) is 9.97 Å². The molecule has 1 aromatic carbocycles. The Kier molecular flexibility index (Phi) is 8.62. The molecule has 0 radical (unpaired) electrons. The summed E-state index contributed by atoms with van der Waals surface area (Å²) < 4.78 is 28.0. The molecule has 1 unspecified atom stereocenters. The Morgan fingerprint density at radius 1 is 1.32 bits per heavy atom. The molecule has 2 aromatic heterocycles. The normalized spacial score (nSPS) is 22.6. The van der Waals surface area contributed by atoms with Crippen molar-refractivity contribution in [2.24, 2.45) is 16.8 Å². The molecule has 1 saturated carbocycles. The number of thiophene rings is 1. The molecule has 1 aliphatic rings. The minimum Gasteiger partial charge on any atom is -0.390 e. The van der Waals surface area contributed by atoms with E-state index in [-0.39, 0.29) is 17.8 Å². The Bertz CT molecular complexity index is 1410. The Morgan fingerprint density at radius 2 is 2.08 bits per heavy atom. The molecule has 15 heteroatoms. The largest absolute Gasteiger partial charge is 0.390 e. The number of nitrogens with one attached hydrogen (secondary N) is 1. The average Bonchev–Trinajstić information content (AvgIpc) is 3.36. The van der Waals surface area contributed by atoms with E-state index in [0.29, 0.717) is 14.8 Å². The summed E-state index contributed by atoms with van der Waals surface area (Å²) in [7, 11) is -4.20. The third-order valence-electron chi connectivity index (χ3n) is 6.01. The predicted molar refractivity (Wildman–Crippen MR) is 142 cm³/mol. The number of rotatable bonds is 9. The van der Waals surface area contributed by atoms with Gasteiger partial charge in [0, 0.05) is 22.2 Å². The van der Waals surface area contributed by atoms with Gasteiger partial charge in [0.1, 0.15) is 18.2 Å². The van der Waals surface area contributed by atoms with Gasteiger partial charge in [-0.05, 0) is 30.2 Å². The van der Waals surface area contributed by atoms with Gasteiger partial charge in [0.2, 0.25) is 5.78 Å². The molecule has 1 fully saturated rings. The number of aliphatic hydroxyl groups is 2. The smallest absolute Gasteiger partial charge is 0.333 e. The molecule has 7 N–H and O–H groups in total. The molecule has 3 aromatic rings. The van der Waals surface area contributed by atoms with Gasteiger partial charge in [-0.2, -0.15) is 8.42 Å². The van der Waals surface area contributed by atoms with E-state index in [9.17, 15) is 23.4 Å². The fourth-order valence-corrected chi connectivity index (χ4v) is 6.21. The van der Waals surface area contributed by atoms with Gasteiger partial charge in [0.25, 0.3) is 0 Å². The monoisotopic (exact) mass is 631 g/mol. The van der Waals surface area contributed by atoms with Crippen molar-refractivity contribution in [3.05, 3.63) is 73.2 Å². The quantitative estimate of drug-likeness (QED) is 0.218. The first-order valence-corrected chi connectivity index (χ1v) is 14.3. The summed E-state index contributed by atoms with van der Waals surface area (Å²) in [5, 5.41) is 28.6. The Balaban J connectivity index is 1.54. The zero-order valence-electron chi connectivity index (χ0n) is 19.0. The number of aromatic nitrogens is 2. The first kappa shape index (κ1) is 28.0. The SMILES string of the molecule is NC(c1cccc(Br)c1)c1cc(C(=O)c2cncnc2N[C@@H]2C[C@H](COS(N)(=O)=O)[C@@H](O)[C@H]2O)sc1Cl. The molecule has 0 bridgehead atoms. The van der Waals surface area contributed by atoms with Crippen molar-refractivity contribution in [2.45, 2.75) is 30.7 Å². The number of halogens is 2. The van der Waals surface area contributed by atoms with Gasteiger partial charge in [-0.25, -0.2) is 15.1 Å². The van der Waals surface area contributed by atoms with E-state index in [1.54, 1.807) is 6.07 Å². The van der Waals surface area contributed by atoms with Gasteiger partial charge in [0.05, 0.1) is 39.6 Å². The zero-order valence-corrected chi connectivity index (χ0v) is 23.0. The molecule has 0 spiro atoms. The molecule has 2 heterocycles. The van der Waals surface area contributed by atoms with E-state index in [2.05, 4.69) is 35.4 Å². The fourth-order valence-electron chi connectivity index (χ4n) is 4.12. The second-order valence-corrected chi connectivity index (χ2v) is 12.3. The van der Waals surface area contributed by atoms with Gasteiger partial charge in [-0.1, -0.05) is 39.7 Å². The van der Waals surface area contributed by atoms with Crippen LogP contribution in [0.25, 0.3) is 0 Å². The third kappa shape index (κ3) is 6.53. The first-order valence-electron chi connectivity index (χ1n) is 10.9. The summed E-state index contributed by atoms with van der Waals surface area (Å²) in [5.74, 6) is -0.999. The standard InChI is InChI=1S/C22H23BrClN5O6S2/c23-12-3-1-2-10(4-12)17(25)13-6-16(36-21(13)24)19(31)14-7-27-9-28-22(14)29-15-5-11(18(30)20(15)32)8-35-37(26,33)34/h1-4,6-7,9,11,15,17-18,20,30,32H,5,8,25H2,(H2,26,33,34)(H,27,28,29)/t11-,15-,17?,18-,20+/m1/s1. The molecule has 198 valence electrons. The number of carbonyl (C=O) groups excluding carboxylic acids is 1. The van der Waals surface area contributed by atoms with Crippen LogP contribution in [0.2, 0.25) is 4.34 Å². The van der Waals surface area contributed by atoms with Crippen LogP contribution in [0.1, 0.15) is 38.8 Å². The van der Waals surface area contributed by atoms with Crippen LogP contribution in [0.3, 0.4) is 0 Å². The van der Waals surface area contributed by atoms with Crippen LogP contribution >= 0.6 is 38.9 Å². The molecule has 5 atom stereocenters. The van der Waals surface area contributed by atoms with Crippen molar-refractivity contribution >= 4 is 60.8 Å². The lowest BCUT2D eigenvalue weighted by molar-refractivity contribution is 0.00778. The van der Waals surface area contributed by atoms with Crippen molar-refractivity contribution in [1.29, 1.82) is 0 Å². The lowest BCUT2D eigenvalue weighted by atomic mass is 10.0. The molecule has 1 aliphatic carbocycles. The number of carbonyl (C=O) groups is 1. The molecule has 0 aliphatic heterocycles. The maximum Gasteiger partial charge on any atom is 0.333 e. The van der Waals surface area contributed by atoms with Crippen molar-refractivity contribution < 1.29 is 27.6 Å². The highest BCUT2D eigenvalue weighted by Gasteiger charge is 2.42. The van der Waals surface area contributed by atoms with Gasteiger partial charge in [-0.3, -0.25) is 8.98 Å². The number of ketones is 1. The minimum atomic E-state index is -4.20. The van der Waals surface area contributed by atoms with Crippen molar-refractivity contribution in [3.63, 3.8) is 0 Å². The highest BCUT2D eigenvalue weighted by molar-refractivity contribution is 9.10. The molecular formula is C22H23BrClN5O6S2. The lowest BCUT2D eigenvalue weighted by Crippen LogP contribution is -2.36. The molecule has 11 nitrogen and oxygen atoms in total. The van der Waals surface area contributed by atoms with Gasteiger partial charge in [-0.15, -0.1) is 11.3 Å². The van der Waals surface area contributed by atoms with Crippen LogP contribution < -0.4 is 16.2 Å². The number of hydrogen-bond acceptors (Lipinski definition) is 11. The molecule has 0 amide bonds. The number of hydrogen-bond donors (Lipinski definition) is 5. The van der Waals surface area contributed by atoms with Crippen molar-refractivity contribution in [2.75, 3.05) is 11.9 Å². The van der Waals surface area contributed by atoms with Crippen LogP contribution in [0, 0.1) is 5.92 Å². The van der Waals surface area contributed by atoms with E-state index in [0.717, 1.165) is 21.4 Å². The fraction of sp³-hybridized carbons (Fsp3) is 0.318. The number of nitrogens with two attached hydrogens (primary N) is 2. The van der Waals surface area contributed by atoms with Crippen LogP contribution in [0.15, 0.2) is 47.3 Å². The highest BCUT2D eigenvalue weighted by Crippen LogP contribution is 2.36. The van der Waals surface area contributed by atoms with E-state index in [4.69, 9.17) is 22.5 Å². The van der Waals surface area contributed by atoms with E-state index < -0.39 is 52.9 Å². The summed E-state index contributed by atoms with van der Waals surface area (Å²) in [6.07, 6.45) is 0.135. The molecule has 0 saturated heterocycles. The van der Waals surface area contributed by atoms with Crippen LogP contribution in [0.4, 0.5) is 5.82 Å². The maximum atomic E-state index is 13.4. The molecular weight excluding hydrogens is 610 g/mol. The number of benzene rings is 1. The maximum absolute atomic E-state index is 13.4. The van der Waals surface area contributed by atoms with Crippen LogP contribution in [-0.2, 0) is 14.5 Å². The van der Waals surface area contributed by atoms with Crippen LogP contribution in [-0.4, -0.2) is 59.2 Å². The molecule has 4 rings (SSSR count). The number of aliphatic hydroxyl groups excluding tert-OH is 2. The number of anilines is 1. The summed E-state index contributed by atoms with van der Waals surface area (Å²) in [5.41, 5.74) is 7.94. The average molecular weight is 633 g/mol. The van der Waals surface area contributed by atoms with Gasteiger partial charge in [0.15, 0.2) is 0 Å². The van der Waals surface area contributed by atoms with Gasteiger partial charge >= 0.3 is 10.3 Å². The summed E-state index contributed by atoms with van der Waals surface area (Å²) >= 11 is 10.9. The van der Waals surface area contributed by atoms with Crippen molar-refractivity contribution in [3.8, 4) is 0 Å². The summed E-state index contributed by atoms with van der Waals surface area (Å²) in [6, 6.07) is 7.78. The van der Waals surface area contributed by atoms with E-state index in [1.165, 1.54) is 12.5 Å². The molecule has 37 heavy (non-hydrogen) atoms. The van der Waals surface area contributed by atoms with Gasteiger partial charge < -0.3 is 21.3 Å². The lowest BCUT2D eigenvalue weighted by Gasteiger charge is -2.19. The summed E-state index contributed by atoms with van der Waals surface area (Å²) in [4.78, 5) is 21.8. The van der Waals surface area contributed by atoms with E-state index in [1.807, 2.05) is 24.3 Å². The zero-order chi connectivity index (χ0) is 26.9. The first-order chi connectivity index (χ1) is 17.4. The Morgan fingerprint density at radius 3 is 2.78 bits per heavy atom. The van der Waals surface area contributed by atoms with Crippen LogP contribution in [0.5, 0.6) is 0 Å². The second kappa shape index (κ2) is 11.4. The Labute approximate surface area is 230 Å². The topological polar surface area (TPSA) is 191 Å². The second-order valence-electron chi connectivity index (χ2n) is 8.49. The number of nitrogens with zero attached hydrogens (tertiary/aromatic N) is 2. The van der Waals surface area contributed by atoms with E-state index >= 15 is 0 Å².